The number of benzene rings is 1. The van der Waals surface area contributed by atoms with Crippen molar-refractivity contribution in [2.24, 2.45) is 0 Å². The fourth-order valence-electron chi connectivity index (χ4n) is 1.27. The predicted octanol–water partition coefficient (Wildman–Crippen LogP) is 2.59. The highest BCUT2D eigenvalue weighted by molar-refractivity contribution is 6.31. The summed E-state index contributed by atoms with van der Waals surface area (Å²) in [6, 6.07) is 5.05. The summed E-state index contributed by atoms with van der Waals surface area (Å²) < 4.78 is 5.04. The summed E-state index contributed by atoms with van der Waals surface area (Å²) in [5.74, 6) is -1.02. The number of hydrogen-bond donors (Lipinski definition) is 1. The molecule has 0 spiro atoms. The molecule has 0 amide bonds. The summed E-state index contributed by atoms with van der Waals surface area (Å²) in [6.07, 6.45) is 0. The Balaban J connectivity index is 3.25. The van der Waals surface area contributed by atoms with Crippen molar-refractivity contribution < 1.29 is 14.6 Å². The zero-order valence-corrected chi connectivity index (χ0v) is 9.63. The first-order chi connectivity index (χ1) is 6.91. The van der Waals surface area contributed by atoms with Gasteiger partial charge in [0.2, 0.25) is 0 Å². The molecule has 1 unspecified atom stereocenters. The van der Waals surface area contributed by atoms with Crippen LogP contribution in [-0.4, -0.2) is 18.2 Å². The molecule has 0 bridgehead atoms. The number of carboxylic acids is 1. The Bertz CT molecular complexity index is 389. The Kier molecular flexibility index (Phi) is 3.37. The second-order valence-corrected chi connectivity index (χ2v) is 3.91. The quantitative estimate of drug-likeness (QED) is 0.865. The van der Waals surface area contributed by atoms with Gasteiger partial charge in [-0.15, -0.1) is 0 Å². The van der Waals surface area contributed by atoms with E-state index in [1.165, 1.54) is 14.0 Å². The Morgan fingerprint density at radius 3 is 2.53 bits per heavy atom. The highest BCUT2D eigenvalue weighted by atomic mass is 35.5. The number of carboxylic acid groups (broad SMARTS) is 1. The van der Waals surface area contributed by atoms with Crippen LogP contribution in [-0.2, 0) is 15.1 Å². The van der Waals surface area contributed by atoms with Gasteiger partial charge in [-0.2, -0.15) is 0 Å². The summed E-state index contributed by atoms with van der Waals surface area (Å²) in [5.41, 5.74) is 0.0908. The van der Waals surface area contributed by atoms with E-state index in [1.54, 1.807) is 18.2 Å². The highest BCUT2D eigenvalue weighted by Gasteiger charge is 2.35. The van der Waals surface area contributed by atoms with E-state index in [2.05, 4.69) is 0 Å². The Hall–Kier alpha value is -1.06. The van der Waals surface area contributed by atoms with Gasteiger partial charge in [-0.1, -0.05) is 23.7 Å². The molecule has 1 atom stereocenters. The molecular weight excluding hydrogens is 216 g/mol. The summed E-state index contributed by atoms with van der Waals surface area (Å²) in [7, 11) is 1.37. The normalized spacial score (nSPS) is 14.7. The third-order valence-corrected chi connectivity index (χ3v) is 2.95. The minimum absolute atomic E-state index is 0.583. The van der Waals surface area contributed by atoms with Crippen LogP contribution >= 0.6 is 11.6 Å². The third-order valence-electron chi connectivity index (χ3n) is 2.53. The minimum atomic E-state index is -1.32. The van der Waals surface area contributed by atoms with E-state index in [1.807, 2.05) is 6.92 Å². The van der Waals surface area contributed by atoms with Crippen molar-refractivity contribution >= 4 is 17.6 Å². The number of ether oxygens (including phenoxy) is 1. The maximum Gasteiger partial charge on any atom is 0.340 e. The van der Waals surface area contributed by atoms with Gasteiger partial charge >= 0.3 is 5.97 Å². The van der Waals surface area contributed by atoms with E-state index < -0.39 is 11.6 Å². The second-order valence-electron chi connectivity index (χ2n) is 3.51. The van der Waals surface area contributed by atoms with Crippen molar-refractivity contribution in [3.05, 3.63) is 34.3 Å². The van der Waals surface area contributed by atoms with E-state index >= 15 is 0 Å². The van der Waals surface area contributed by atoms with Crippen molar-refractivity contribution in [1.29, 1.82) is 0 Å². The summed E-state index contributed by atoms with van der Waals surface area (Å²) in [4.78, 5) is 11.1. The highest BCUT2D eigenvalue weighted by Crippen LogP contribution is 2.28. The third kappa shape index (κ3) is 2.13. The van der Waals surface area contributed by atoms with Gasteiger partial charge in [0.1, 0.15) is 0 Å². The lowest BCUT2D eigenvalue weighted by Gasteiger charge is -2.24. The van der Waals surface area contributed by atoms with Crippen LogP contribution in [0.15, 0.2) is 18.2 Å². The molecular formula is C11H13ClO3. The lowest BCUT2D eigenvalue weighted by molar-refractivity contribution is -0.161. The molecule has 0 aliphatic heterocycles. The van der Waals surface area contributed by atoms with E-state index in [0.717, 1.165) is 5.56 Å². The SMILES string of the molecule is COC(C)(C(=O)O)c1ccc(Cl)c(C)c1. The molecule has 0 fully saturated rings. The zero-order chi connectivity index (χ0) is 11.6. The lowest BCUT2D eigenvalue weighted by Crippen LogP contribution is -2.34. The van der Waals surface area contributed by atoms with Gasteiger partial charge in [-0.3, -0.25) is 0 Å². The van der Waals surface area contributed by atoms with Crippen LogP contribution in [0.3, 0.4) is 0 Å². The molecule has 0 saturated carbocycles. The lowest BCUT2D eigenvalue weighted by atomic mass is 9.94. The molecule has 1 aromatic carbocycles. The maximum absolute atomic E-state index is 11.1. The molecule has 3 nitrogen and oxygen atoms in total. The number of aliphatic carboxylic acids is 1. The second kappa shape index (κ2) is 4.21. The largest absolute Gasteiger partial charge is 0.479 e. The summed E-state index contributed by atoms with van der Waals surface area (Å²) in [5, 5.41) is 9.70. The van der Waals surface area contributed by atoms with Crippen molar-refractivity contribution in [3.8, 4) is 0 Å². The first-order valence-electron chi connectivity index (χ1n) is 4.47. The van der Waals surface area contributed by atoms with Gasteiger partial charge in [-0.05, 0) is 31.0 Å². The molecule has 0 aliphatic rings. The van der Waals surface area contributed by atoms with Crippen molar-refractivity contribution in [2.75, 3.05) is 7.11 Å². The van der Waals surface area contributed by atoms with Gasteiger partial charge < -0.3 is 9.84 Å². The van der Waals surface area contributed by atoms with E-state index in [0.29, 0.717) is 10.6 Å². The van der Waals surface area contributed by atoms with E-state index in [9.17, 15) is 4.79 Å². The molecule has 1 N–H and O–H groups in total. The van der Waals surface area contributed by atoms with Crippen molar-refractivity contribution in [1.82, 2.24) is 0 Å². The minimum Gasteiger partial charge on any atom is -0.479 e. The standard InChI is InChI=1S/C11H13ClO3/c1-7-6-8(4-5-9(7)12)11(2,15-3)10(13)14/h4-6H,1-3H3,(H,13,14). The fraction of sp³-hybridized carbons (Fsp3) is 0.364. The first kappa shape index (κ1) is 12.0. The Labute approximate surface area is 93.6 Å². The average Bonchev–Trinajstić information content (AvgIpc) is 2.20. The predicted molar refractivity (Wildman–Crippen MR) is 58.2 cm³/mol. The molecule has 0 aromatic heterocycles. The van der Waals surface area contributed by atoms with Gasteiger partial charge in [0.25, 0.3) is 0 Å². The number of hydrogen-bond acceptors (Lipinski definition) is 2. The van der Waals surface area contributed by atoms with E-state index in [4.69, 9.17) is 21.4 Å². The number of methoxy groups -OCH3 is 1. The monoisotopic (exact) mass is 228 g/mol. The number of halogens is 1. The average molecular weight is 229 g/mol. The molecule has 1 aromatic rings. The smallest absolute Gasteiger partial charge is 0.340 e. The number of carbonyl (C=O) groups is 1. The molecule has 15 heavy (non-hydrogen) atoms. The number of rotatable bonds is 3. The molecule has 0 aliphatic carbocycles. The van der Waals surface area contributed by atoms with Crippen LogP contribution in [0.25, 0.3) is 0 Å². The van der Waals surface area contributed by atoms with Crippen LogP contribution in [0.5, 0.6) is 0 Å². The Morgan fingerprint density at radius 2 is 2.13 bits per heavy atom. The maximum atomic E-state index is 11.1. The van der Waals surface area contributed by atoms with Crippen LogP contribution in [0.4, 0.5) is 0 Å². The van der Waals surface area contributed by atoms with Crippen LogP contribution in [0.2, 0.25) is 5.02 Å². The van der Waals surface area contributed by atoms with Gasteiger partial charge in [0, 0.05) is 12.1 Å². The van der Waals surface area contributed by atoms with Crippen molar-refractivity contribution in [3.63, 3.8) is 0 Å². The topological polar surface area (TPSA) is 46.5 Å². The molecule has 4 heteroatoms. The van der Waals surface area contributed by atoms with E-state index in [-0.39, 0.29) is 0 Å². The first-order valence-corrected chi connectivity index (χ1v) is 4.85. The zero-order valence-electron chi connectivity index (χ0n) is 8.87. The Morgan fingerprint density at radius 1 is 1.53 bits per heavy atom. The van der Waals surface area contributed by atoms with Gasteiger partial charge in [-0.25, -0.2) is 4.79 Å². The summed E-state index contributed by atoms with van der Waals surface area (Å²) in [6.45, 7) is 3.34. The van der Waals surface area contributed by atoms with Crippen LogP contribution < -0.4 is 0 Å². The molecule has 0 saturated heterocycles. The fourth-order valence-corrected chi connectivity index (χ4v) is 1.39. The van der Waals surface area contributed by atoms with Crippen LogP contribution in [0, 0.1) is 6.92 Å². The van der Waals surface area contributed by atoms with Crippen LogP contribution in [0.1, 0.15) is 18.1 Å². The molecule has 82 valence electrons. The molecule has 0 radical (unpaired) electrons. The van der Waals surface area contributed by atoms with Gasteiger partial charge in [0.05, 0.1) is 0 Å². The summed E-state index contributed by atoms with van der Waals surface area (Å²) >= 11 is 5.87. The van der Waals surface area contributed by atoms with Crippen molar-refractivity contribution in [2.45, 2.75) is 19.4 Å². The molecule has 1 rings (SSSR count). The van der Waals surface area contributed by atoms with Gasteiger partial charge in [0.15, 0.2) is 5.60 Å². The molecule has 0 heterocycles. The number of aryl methyl sites for hydroxylation is 1.